The fourth-order valence-electron chi connectivity index (χ4n) is 2.01. The first-order valence-corrected chi connectivity index (χ1v) is 7.13. The summed E-state index contributed by atoms with van der Waals surface area (Å²) in [5.41, 5.74) is 2.00. The summed E-state index contributed by atoms with van der Waals surface area (Å²) in [6.45, 7) is 0. The molecule has 0 aliphatic carbocycles. The van der Waals surface area contributed by atoms with E-state index in [0.29, 0.717) is 11.3 Å². The van der Waals surface area contributed by atoms with Gasteiger partial charge in [-0.1, -0.05) is 28.1 Å². The van der Waals surface area contributed by atoms with E-state index >= 15 is 0 Å². The minimum Gasteiger partial charge on any atom is -0.478 e. The lowest BCUT2D eigenvalue weighted by atomic mass is 9.99. The van der Waals surface area contributed by atoms with Gasteiger partial charge in [0.05, 0.1) is 5.56 Å². The molecule has 4 nitrogen and oxygen atoms in total. The molecule has 0 heterocycles. The standard InChI is InChI=1S/C16H14BrNO3/c1-18-14-7-4-11(16(20)21)9-13(14)15(19)8-10-2-5-12(17)6-3-10/h2-7,9,18H,8H2,1H3,(H,20,21). The van der Waals surface area contributed by atoms with E-state index in [9.17, 15) is 9.59 Å². The van der Waals surface area contributed by atoms with Crippen LogP contribution in [-0.2, 0) is 6.42 Å². The quantitative estimate of drug-likeness (QED) is 0.810. The van der Waals surface area contributed by atoms with Crippen molar-refractivity contribution in [3.63, 3.8) is 0 Å². The molecule has 0 saturated heterocycles. The van der Waals surface area contributed by atoms with Gasteiger partial charge in [-0.15, -0.1) is 0 Å². The first kappa shape index (κ1) is 15.3. The van der Waals surface area contributed by atoms with Crippen molar-refractivity contribution < 1.29 is 14.7 Å². The van der Waals surface area contributed by atoms with Gasteiger partial charge in [-0.25, -0.2) is 4.79 Å². The summed E-state index contributed by atoms with van der Waals surface area (Å²) in [6.07, 6.45) is 0.227. The molecule has 0 saturated carbocycles. The number of halogens is 1. The number of Topliss-reactive ketones (excluding diaryl/α,β-unsaturated/α-hetero) is 1. The van der Waals surface area contributed by atoms with E-state index in [1.165, 1.54) is 12.1 Å². The third-order valence-electron chi connectivity index (χ3n) is 3.11. The van der Waals surface area contributed by atoms with E-state index in [0.717, 1.165) is 10.0 Å². The summed E-state index contributed by atoms with van der Waals surface area (Å²) in [4.78, 5) is 23.4. The van der Waals surface area contributed by atoms with Gasteiger partial charge in [0.1, 0.15) is 0 Å². The Balaban J connectivity index is 2.30. The molecule has 0 spiro atoms. The smallest absolute Gasteiger partial charge is 0.335 e. The number of carbonyl (C=O) groups excluding carboxylic acids is 1. The van der Waals surface area contributed by atoms with E-state index in [1.54, 1.807) is 13.1 Å². The van der Waals surface area contributed by atoms with Gasteiger partial charge in [0.15, 0.2) is 5.78 Å². The lowest BCUT2D eigenvalue weighted by Gasteiger charge is -2.09. The SMILES string of the molecule is CNc1ccc(C(=O)O)cc1C(=O)Cc1ccc(Br)cc1. The molecule has 0 bridgehead atoms. The van der Waals surface area contributed by atoms with Crippen molar-refractivity contribution >= 4 is 33.4 Å². The molecule has 0 aromatic heterocycles. The molecule has 0 amide bonds. The monoisotopic (exact) mass is 347 g/mol. The minimum absolute atomic E-state index is 0.105. The largest absolute Gasteiger partial charge is 0.478 e. The fourth-order valence-corrected chi connectivity index (χ4v) is 2.27. The Hall–Kier alpha value is -2.14. The molecular formula is C16H14BrNO3. The molecule has 0 unspecified atom stereocenters. The van der Waals surface area contributed by atoms with Crippen molar-refractivity contribution in [2.24, 2.45) is 0 Å². The van der Waals surface area contributed by atoms with Gasteiger partial charge in [-0.2, -0.15) is 0 Å². The zero-order valence-corrected chi connectivity index (χ0v) is 13.0. The van der Waals surface area contributed by atoms with Gasteiger partial charge < -0.3 is 10.4 Å². The second kappa shape index (κ2) is 6.54. The molecule has 21 heavy (non-hydrogen) atoms. The molecule has 108 valence electrons. The van der Waals surface area contributed by atoms with Crippen molar-refractivity contribution in [1.29, 1.82) is 0 Å². The Morgan fingerprint density at radius 3 is 2.38 bits per heavy atom. The number of carboxylic acid groups (broad SMARTS) is 1. The molecule has 0 aliphatic heterocycles. The van der Waals surface area contributed by atoms with Crippen LogP contribution in [0, 0.1) is 0 Å². The van der Waals surface area contributed by atoms with Crippen molar-refractivity contribution in [2.45, 2.75) is 6.42 Å². The normalized spacial score (nSPS) is 10.2. The molecular weight excluding hydrogens is 334 g/mol. The Bertz CT molecular complexity index is 680. The second-order valence-corrected chi connectivity index (χ2v) is 5.46. The highest BCUT2D eigenvalue weighted by atomic mass is 79.9. The molecule has 0 aliphatic rings. The average Bonchev–Trinajstić information content (AvgIpc) is 2.48. The molecule has 0 atom stereocenters. The van der Waals surface area contributed by atoms with E-state index in [-0.39, 0.29) is 17.8 Å². The fraction of sp³-hybridized carbons (Fsp3) is 0.125. The minimum atomic E-state index is -1.05. The highest BCUT2D eigenvalue weighted by Crippen LogP contribution is 2.20. The molecule has 2 rings (SSSR count). The van der Waals surface area contributed by atoms with Gasteiger partial charge in [0, 0.05) is 29.2 Å². The number of aromatic carboxylic acids is 1. The number of anilines is 1. The number of rotatable bonds is 5. The van der Waals surface area contributed by atoms with Crippen LogP contribution in [-0.4, -0.2) is 23.9 Å². The predicted molar refractivity (Wildman–Crippen MR) is 85.1 cm³/mol. The summed E-state index contributed by atoms with van der Waals surface area (Å²) >= 11 is 3.34. The molecule has 5 heteroatoms. The highest BCUT2D eigenvalue weighted by molar-refractivity contribution is 9.10. The zero-order valence-electron chi connectivity index (χ0n) is 11.4. The molecule has 2 N–H and O–H groups in total. The Labute approximate surface area is 130 Å². The maximum Gasteiger partial charge on any atom is 0.335 e. The van der Waals surface area contributed by atoms with Crippen molar-refractivity contribution in [3.05, 3.63) is 63.6 Å². The van der Waals surface area contributed by atoms with Crippen LogP contribution in [0.3, 0.4) is 0 Å². The maximum atomic E-state index is 12.4. The second-order valence-electron chi connectivity index (χ2n) is 4.54. The highest BCUT2D eigenvalue weighted by Gasteiger charge is 2.14. The summed E-state index contributed by atoms with van der Waals surface area (Å²) in [7, 11) is 1.70. The molecule has 0 radical (unpaired) electrons. The van der Waals surface area contributed by atoms with Gasteiger partial charge >= 0.3 is 5.97 Å². The Morgan fingerprint density at radius 1 is 1.14 bits per heavy atom. The number of ketones is 1. The number of hydrogen-bond donors (Lipinski definition) is 2. The van der Waals surface area contributed by atoms with E-state index in [1.807, 2.05) is 24.3 Å². The number of hydrogen-bond acceptors (Lipinski definition) is 3. The van der Waals surface area contributed by atoms with Crippen LogP contribution in [0.2, 0.25) is 0 Å². The number of carboxylic acids is 1. The zero-order chi connectivity index (χ0) is 15.4. The van der Waals surface area contributed by atoms with Gasteiger partial charge in [-0.3, -0.25) is 4.79 Å². The van der Waals surface area contributed by atoms with Crippen LogP contribution < -0.4 is 5.32 Å². The van der Waals surface area contributed by atoms with Crippen LogP contribution in [0.15, 0.2) is 46.9 Å². The summed E-state index contributed by atoms with van der Waals surface area (Å²) in [5.74, 6) is -1.17. The van der Waals surface area contributed by atoms with Crippen molar-refractivity contribution in [1.82, 2.24) is 0 Å². The molecule has 2 aromatic carbocycles. The Kier molecular flexibility index (Phi) is 4.75. The van der Waals surface area contributed by atoms with E-state index in [4.69, 9.17) is 5.11 Å². The van der Waals surface area contributed by atoms with E-state index < -0.39 is 5.97 Å². The van der Waals surface area contributed by atoms with Gasteiger partial charge in [0.2, 0.25) is 0 Å². The van der Waals surface area contributed by atoms with Crippen LogP contribution >= 0.6 is 15.9 Å². The summed E-state index contributed by atoms with van der Waals surface area (Å²) < 4.78 is 0.947. The van der Waals surface area contributed by atoms with Crippen LogP contribution in [0.4, 0.5) is 5.69 Å². The van der Waals surface area contributed by atoms with Gasteiger partial charge in [0.25, 0.3) is 0 Å². The first-order valence-electron chi connectivity index (χ1n) is 6.34. The lowest BCUT2D eigenvalue weighted by molar-refractivity contribution is 0.0697. The van der Waals surface area contributed by atoms with Crippen LogP contribution in [0.5, 0.6) is 0 Å². The maximum absolute atomic E-state index is 12.4. The molecule has 0 fully saturated rings. The average molecular weight is 348 g/mol. The summed E-state index contributed by atoms with van der Waals surface area (Å²) in [5, 5.41) is 12.0. The topological polar surface area (TPSA) is 66.4 Å². The third-order valence-corrected chi connectivity index (χ3v) is 3.64. The molecule has 2 aromatic rings. The lowest BCUT2D eigenvalue weighted by Crippen LogP contribution is -2.09. The van der Waals surface area contributed by atoms with Crippen LogP contribution in [0.1, 0.15) is 26.3 Å². The number of carbonyl (C=O) groups is 2. The Morgan fingerprint density at radius 2 is 1.81 bits per heavy atom. The van der Waals surface area contributed by atoms with Crippen molar-refractivity contribution in [3.8, 4) is 0 Å². The first-order chi connectivity index (χ1) is 10.0. The predicted octanol–water partition coefficient (Wildman–Crippen LogP) is 3.61. The number of benzene rings is 2. The third kappa shape index (κ3) is 3.70. The number of nitrogens with one attached hydrogen (secondary N) is 1. The summed E-state index contributed by atoms with van der Waals surface area (Å²) in [6, 6.07) is 12.0. The van der Waals surface area contributed by atoms with Crippen molar-refractivity contribution in [2.75, 3.05) is 12.4 Å². The van der Waals surface area contributed by atoms with E-state index in [2.05, 4.69) is 21.2 Å². The van der Waals surface area contributed by atoms with Gasteiger partial charge in [-0.05, 0) is 35.9 Å². The van der Waals surface area contributed by atoms with Crippen LogP contribution in [0.25, 0.3) is 0 Å².